The van der Waals surface area contributed by atoms with E-state index in [0.29, 0.717) is 19.6 Å². The van der Waals surface area contributed by atoms with E-state index in [-0.39, 0.29) is 12.0 Å². The monoisotopic (exact) mass is 279 g/mol. The highest BCUT2D eigenvalue weighted by Crippen LogP contribution is 2.19. The van der Waals surface area contributed by atoms with Gasteiger partial charge in [0, 0.05) is 13.2 Å². The van der Waals surface area contributed by atoms with Crippen LogP contribution in [-0.2, 0) is 20.9 Å². The van der Waals surface area contributed by atoms with E-state index in [2.05, 4.69) is 18.3 Å². The Kier molecular flexibility index (Phi) is 7.92. The smallest absolute Gasteiger partial charge is 0.307 e. The van der Waals surface area contributed by atoms with Crippen LogP contribution in [0.15, 0.2) is 24.3 Å². The lowest BCUT2D eigenvalue weighted by Gasteiger charge is -2.19. The molecule has 0 aliphatic rings. The third-order valence-electron chi connectivity index (χ3n) is 2.98. The van der Waals surface area contributed by atoms with Crippen molar-refractivity contribution in [1.29, 1.82) is 0 Å². The van der Waals surface area contributed by atoms with Crippen LogP contribution in [0.2, 0.25) is 0 Å². The van der Waals surface area contributed by atoms with Crippen LogP contribution in [0, 0.1) is 0 Å². The van der Waals surface area contributed by atoms with Crippen LogP contribution in [0.5, 0.6) is 0 Å². The highest BCUT2D eigenvalue weighted by Gasteiger charge is 2.16. The highest BCUT2D eigenvalue weighted by atomic mass is 16.5. The van der Waals surface area contributed by atoms with Gasteiger partial charge in [0.1, 0.15) is 0 Å². The van der Waals surface area contributed by atoms with Crippen molar-refractivity contribution in [3.63, 3.8) is 0 Å². The molecule has 1 aromatic carbocycles. The van der Waals surface area contributed by atoms with Crippen LogP contribution >= 0.6 is 0 Å². The Morgan fingerprint density at radius 3 is 2.80 bits per heavy atom. The van der Waals surface area contributed by atoms with E-state index in [1.807, 2.05) is 25.1 Å². The summed E-state index contributed by atoms with van der Waals surface area (Å²) in [6.07, 6.45) is 1.38. The fraction of sp³-hybridized carbons (Fsp3) is 0.562. The molecule has 0 saturated carbocycles. The third kappa shape index (κ3) is 5.72. The van der Waals surface area contributed by atoms with Gasteiger partial charge in [0.25, 0.3) is 0 Å². The fourth-order valence-electron chi connectivity index (χ4n) is 2.08. The first-order valence-electron chi connectivity index (χ1n) is 7.18. The lowest BCUT2D eigenvalue weighted by Crippen LogP contribution is -2.25. The molecule has 0 amide bonds. The Hall–Kier alpha value is -1.39. The summed E-state index contributed by atoms with van der Waals surface area (Å²) < 4.78 is 10.2. The second kappa shape index (κ2) is 9.50. The standard InChI is InChI=1S/C16H25NO3/c1-4-9-17-15(11-16(18)20-5-2)14-8-6-7-13(10-14)12-19-3/h6-8,10,15,17H,4-5,9,11-12H2,1-3H3. The number of rotatable bonds is 9. The van der Waals surface area contributed by atoms with Crippen molar-refractivity contribution >= 4 is 5.97 Å². The molecule has 112 valence electrons. The molecule has 0 fully saturated rings. The first kappa shape index (κ1) is 16.7. The van der Waals surface area contributed by atoms with E-state index < -0.39 is 0 Å². The summed E-state index contributed by atoms with van der Waals surface area (Å²) in [5.74, 6) is -0.168. The van der Waals surface area contributed by atoms with Gasteiger partial charge in [-0.1, -0.05) is 31.2 Å². The minimum absolute atomic E-state index is 0.00851. The number of ether oxygens (including phenoxy) is 2. The molecule has 0 aromatic heterocycles. The van der Waals surface area contributed by atoms with Gasteiger partial charge in [0.2, 0.25) is 0 Å². The Balaban J connectivity index is 2.80. The summed E-state index contributed by atoms with van der Waals surface area (Å²) in [7, 11) is 1.68. The van der Waals surface area contributed by atoms with Crippen LogP contribution in [0.3, 0.4) is 0 Å². The first-order valence-corrected chi connectivity index (χ1v) is 7.18. The molecule has 1 unspecified atom stereocenters. The zero-order valence-corrected chi connectivity index (χ0v) is 12.6. The average Bonchev–Trinajstić information content (AvgIpc) is 2.44. The third-order valence-corrected chi connectivity index (χ3v) is 2.98. The number of hydrogen-bond acceptors (Lipinski definition) is 4. The second-order valence-electron chi connectivity index (χ2n) is 4.69. The van der Waals surface area contributed by atoms with Crippen molar-refractivity contribution in [1.82, 2.24) is 5.32 Å². The Morgan fingerprint density at radius 2 is 2.15 bits per heavy atom. The lowest BCUT2D eigenvalue weighted by atomic mass is 10.0. The van der Waals surface area contributed by atoms with E-state index in [4.69, 9.17) is 9.47 Å². The van der Waals surface area contributed by atoms with E-state index in [9.17, 15) is 4.79 Å². The van der Waals surface area contributed by atoms with Crippen molar-refractivity contribution in [2.75, 3.05) is 20.3 Å². The Morgan fingerprint density at radius 1 is 1.35 bits per heavy atom. The minimum Gasteiger partial charge on any atom is -0.466 e. The van der Waals surface area contributed by atoms with E-state index >= 15 is 0 Å². The maximum absolute atomic E-state index is 11.7. The van der Waals surface area contributed by atoms with Gasteiger partial charge in [0.15, 0.2) is 0 Å². The van der Waals surface area contributed by atoms with Gasteiger partial charge in [-0.25, -0.2) is 0 Å². The van der Waals surface area contributed by atoms with Gasteiger partial charge in [-0.2, -0.15) is 0 Å². The molecule has 4 nitrogen and oxygen atoms in total. The predicted molar refractivity (Wildman–Crippen MR) is 79.4 cm³/mol. The summed E-state index contributed by atoms with van der Waals surface area (Å²) in [5.41, 5.74) is 2.21. The molecule has 1 rings (SSSR count). The molecule has 1 aromatic rings. The summed E-state index contributed by atoms with van der Waals surface area (Å²) in [6.45, 7) is 5.80. The van der Waals surface area contributed by atoms with Gasteiger partial charge in [-0.05, 0) is 31.0 Å². The van der Waals surface area contributed by atoms with Crippen molar-refractivity contribution in [2.45, 2.75) is 39.3 Å². The first-order chi connectivity index (χ1) is 9.71. The molecule has 1 atom stereocenters. The number of esters is 1. The van der Waals surface area contributed by atoms with Crippen molar-refractivity contribution < 1.29 is 14.3 Å². The molecule has 4 heteroatoms. The minimum atomic E-state index is -0.168. The zero-order chi connectivity index (χ0) is 14.8. The van der Waals surface area contributed by atoms with Gasteiger partial charge in [0.05, 0.1) is 19.6 Å². The zero-order valence-electron chi connectivity index (χ0n) is 12.6. The van der Waals surface area contributed by atoms with Crippen LogP contribution in [0.1, 0.15) is 43.9 Å². The molecule has 0 aliphatic carbocycles. The molecule has 0 radical (unpaired) electrons. The van der Waals surface area contributed by atoms with Gasteiger partial charge >= 0.3 is 5.97 Å². The van der Waals surface area contributed by atoms with Gasteiger partial charge < -0.3 is 14.8 Å². The van der Waals surface area contributed by atoms with Crippen LogP contribution in [0.25, 0.3) is 0 Å². The molecule has 0 spiro atoms. The van der Waals surface area contributed by atoms with Crippen molar-refractivity contribution in [3.05, 3.63) is 35.4 Å². The lowest BCUT2D eigenvalue weighted by molar-refractivity contribution is -0.143. The second-order valence-corrected chi connectivity index (χ2v) is 4.69. The molecular weight excluding hydrogens is 254 g/mol. The molecule has 1 N–H and O–H groups in total. The Bertz CT molecular complexity index is 406. The summed E-state index contributed by atoms with van der Waals surface area (Å²) in [4.78, 5) is 11.7. The fourth-order valence-corrected chi connectivity index (χ4v) is 2.08. The maximum atomic E-state index is 11.7. The Labute approximate surface area is 121 Å². The molecule has 0 bridgehead atoms. The number of carbonyl (C=O) groups is 1. The molecular formula is C16H25NO3. The van der Waals surface area contributed by atoms with Crippen LogP contribution < -0.4 is 5.32 Å². The summed E-state index contributed by atoms with van der Waals surface area (Å²) in [6, 6.07) is 8.12. The summed E-state index contributed by atoms with van der Waals surface area (Å²) in [5, 5.41) is 3.40. The quantitative estimate of drug-likeness (QED) is 0.706. The topological polar surface area (TPSA) is 47.6 Å². The van der Waals surface area contributed by atoms with E-state index in [1.54, 1.807) is 7.11 Å². The molecule has 0 heterocycles. The van der Waals surface area contributed by atoms with Gasteiger partial charge in [-0.3, -0.25) is 4.79 Å². The van der Waals surface area contributed by atoms with E-state index in [1.165, 1.54) is 0 Å². The number of nitrogens with one attached hydrogen (secondary N) is 1. The van der Waals surface area contributed by atoms with Crippen LogP contribution in [0.4, 0.5) is 0 Å². The maximum Gasteiger partial charge on any atom is 0.307 e. The van der Waals surface area contributed by atoms with Gasteiger partial charge in [-0.15, -0.1) is 0 Å². The number of hydrogen-bond donors (Lipinski definition) is 1. The van der Waals surface area contributed by atoms with Crippen LogP contribution in [-0.4, -0.2) is 26.2 Å². The molecule has 0 aliphatic heterocycles. The predicted octanol–water partition coefficient (Wildman–Crippen LogP) is 2.83. The number of benzene rings is 1. The normalized spacial score (nSPS) is 12.2. The summed E-state index contributed by atoms with van der Waals surface area (Å²) >= 11 is 0. The SMILES string of the molecule is CCCNC(CC(=O)OCC)c1cccc(COC)c1. The largest absolute Gasteiger partial charge is 0.466 e. The molecule has 20 heavy (non-hydrogen) atoms. The average molecular weight is 279 g/mol. The number of carbonyl (C=O) groups excluding carboxylic acids is 1. The molecule has 0 saturated heterocycles. The van der Waals surface area contributed by atoms with Crippen molar-refractivity contribution in [3.8, 4) is 0 Å². The highest BCUT2D eigenvalue weighted by molar-refractivity contribution is 5.70. The van der Waals surface area contributed by atoms with E-state index in [0.717, 1.165) is 24.1 Å². The van der Waals surface area contributed by atoms with Crippen molar-refractivity contribution in [2.24, 2.45) is 0 Å². The number of methoxy groups -OCH3 is 1.